The molecule has 0 aliphatic carbocycles. The van der Waals surface area contributed by atoms with Crippen molar-refractivity contribution in [2.24, 2.45) is 0 Å². The number of ether oxygens (including phenoxy) is 1. The lowest BCUT2D eigenvalue weighted by atomic mass is 10.1. The molecule has 4 rings (SSSR count). The Morgan fingerprint density at radius 1 is 1.06 bits per heavy atom. The molecule has 0 bridgehead atoms. The largest absolute Gasteiger partial charge is 0.507 e. The van der Waals surface area contributed by atoms with Gasteiger partial charge in [-0.05, 0) is 79.1 Å². The van der Waals surface area contributed by atoms with E-state index in [4.69, 9.17) is 9.15 Å². The molecule has 4 aromatic rings. The highest BCUT2D eigenvalue weighted by atomic mass is 16.6. The van der Waals surface area contributed by atoms with Gasteiger partial charge in [0.05, 0.1) is 10.5 Å². The van der Waals surface area contributed by atoms with Crippen molar-refractivity contribution in [3.05, 3.63) is 92.9 Å². The maximum Gasteiger partial charge on any atom is 0.343 e. The maximum atomic E-state index is 12.4. The van der Waals surface area contributed by atoms with Gasteiger partial charge < -0.3 is 14.3 Å². The Balaban J connectivity index is 1.52. The van der Waals surface area contributed by atoms with Crippen LogP contribution >= 0.6 is 0 Å². The van der Waals surface area contributed by atoms with Gasteiger partial charge in [0, 0.05) is 18.2 Å². The molecule has 0 atom stereocenters. The first-order chi connectivity index (χ1) is 15.3. The highest BCUT2D eigenvalue weighted by Crippen LogP contribution is 2.25. The molecule has 0 aliphatic heterocycles. The van der Waals surface area contributed by atoms with Crippen LogP contribution in [0.2, 0.25) is 0 Å². The molecule has 32 heavy (non-hydrogen) atoms. The summed E-state index contributed by atoms with van der Waals surface area (Å²) in [6.07, 6.45) is 3.54. The Hall–Kier alpha value is -4.46. The number of nitrogens with zero attached hydrogens (tertiary/aromatic N) is 2. The van der Waals surface area contributed by atoms with E-state index in [1.165, 1.54) is 30.3 Å². The zero-order chi connectivity index (χ0) is 22.8. The van der Waals surface area contributed by atoms with Crippen molar-refractivity contribution in [1.29, 1.82) is 0 Å². The normalized spacial score (nSPS) is 11.2. The number of non-ortho nitro benzene ring substituents is 1. The van der Waals surface area contributed by atoms with E-state index in [-0.39, 0.29) is 22.7 Å². The Morgan fingerprint density at radius 2 is 1.75 bits per heavy atom. The number of nitro benzene ring substituents is 1. The molecule has 1 N–H and O–H groups in total. The summed E-state index contributed by atoms with van der Waals surface area (Å²) in [4.78, 5) is 27.0. The molecule has 0 radical (unpaired) electrons. The van der Waals surface area contributed by atoms with Crippen LogP contribution in [0.4, 0.5) is 5.69 Å². The zero-order valence-electron chi connectivity index (χ0n) is 17.2. The number of carbonyl (C=O) groups excluding carboxylic acids is 1. The summed E-state index contributed by atoms with van der Waals surface area (Å²) in [7, 11) is 0. The number of phenols is 1. The monoisotopic (exact) mass is 430 g/mol. The number of oxazole rings is 1. The summed E-state index contributed by atoms with van der Waals surface area (Å²) in [6, 6.07) is 13.7. The Labute approximate surface area is 182 Å². The minimum Gasteiger partial charge on any atom is -0.507 e. The highest BCUT2D eigenvalue weighted by Gasteiger charge is 2.13. The molecule has 1 aromatic heterocycles. The first-order valence-corrected chi connectivity index (χ1v) is 9.65. The molecule has 3 aromatic carbocycles. The summed E-state index contributed by atoms with van der Waals surface area (Å²) < 4.78 is 11.0. The predicted octanol–water partition coefficient (Wildman–Crippen LogP) is 5.45. The minimum atomic E-state index is -0.621. The van der Waals surface area contributed by atoms with E-state index in [0.29, 0.717) is 17.0 Å². The summed E-state index contributed by atoms with van der Waals surface area (Å²) in [5.74, 6) is 0.215. The first kappa shape index (κ1) is 20.8. The summed E-state index contributed by atoms with van der Waals surface area (Å²) in [6.45, 7) is 3.66. The van der Waals surface area contributed by atoms with Crippen LogP contribution in [0, 0.1) is 24.0 Å². The Kier molecular flexibility index (Phi) is 5.43. The number of esters is 1. The van der Waals surface area contributed by atoms with Gasteiger partial charge in [-0.15, -0.1) is 0 Å². The number of aryl methyl sites for hydroxylation is 2. The molecule has 0 spiro atoms. The number of hydrogen-bond donors (Lipinski definition) is 1. The van der Waals surface area contributed by atoms with E-state index in [1.807, 2.05) is 32.1 Å². The van der Waals surface area contributed by atoms with E-state index < -0.39 is 10.9 Å². The SMILES string of the molecule is Cc1cc(/C=C/c2nc3ccc(C(=O)Oc4ccc([N+](=O)[O-])cc4)cc3o2)cc(C)c1O. The fourth-order valence-corrected chi connectivity index (χ4v) is 3.20. The van der Waals surface area contributed by atoms with Crippen molar-refractivity contribution in [2.75, 3.05) is 0 Å². The maximum absolute atomic E-state index is 12.4. The van der Waals surface area contributed by atoms with Crippen LogP contribution in [0.1, 0.15) is 32.9 Å². The van der Waals surface area contributed by atoms with Crippen LogP contribution in [0.3, 0.4) is 0 Å². The third-order valence-electron chi connectivity index (χ3n) is 4.83. The van der Waals surface area contributed by atoms with Gasteiger partial charge in [-0.3, -0.25) is 10.1 Å². The van der Waals surface area contributed by atoms with Crippen LogP contribution in [0.15, 0.2) is 59.0 Å². The lowest BCUT2D eigenvalue weighted by molar-refractivity contribution is -0.384. The standard InChI is InChI=1S/C24H18N2O6/c1-14-11-16(12-15(2)23(14)27)3-10-22-25-20-9-4-17(13-21(20)32-22)24(28)31-19-7-5-18(6-8-19)26(29)30/h3-13,27H,1-2H3/b10-3+. The molecule has 1 heterocycles. The summed E-state index contributed by atoms with van der Waals surface area (Å²) in [5, 5.41) is 20.6. The van der Waals surface area contributed by atoms with Gasteiger partial charge in [-0.1, -0.05) is 0 Å². The van der Waals surface area contributed by atoms with E-state index in [2.05, 4.69) is 4.98 Å². The van der Waals surface area contributed by atoms with Crippen molar-refractivity contribution < 1.29 is 24.0 Å². The molecule has 0 saturated carbocycles. The smallest absolute Gasteiger partial charge is 0.343 e. The number of benzene rings is 3. The predicted molar refractivity (Wildman–Crippen MR) is 119 cm³/mol. The number of rotatable bonds is 5. The Morgan fingerprint density at radius 3 is 2.41 bits per heavy atom. The number of fused-ring (bicyclic) bond motifs is 1. The van der Waals surface area contributed by atoms with Crippen LogP contribution in [0.5, 0.6) is 11.5 Å². The number of carbonyl (C=O) groups is 1. The van der Waals surface area contributed by atoms with Gasteiger partial charge in [-0.2, -0.15) is 0 Å². The van der Waals surface area contributed by atoms with Gasteiger partial charge >= 0.3 is 5.97 Å². The molecule has 160 valence electrons. The number of nitro groups is 1. The van der Waals surface area contributed by atoms with E-state index in [1.54, 1.807) is 18.2 Å². The molecular weight excluding hydrogens is 412 g/mol. The van der Waals surface area contributed by atoms with E-state index >= 15 is 0 Å². The fourth-order valence-electron chi connectivity index (χ4n) is 3.20. The summed E-state index contributed by atoms with van der Waals surface area (Å²) in [5.41, 5.74) is 3.61. The lowest BCUT2D eigenvalue weighted by Crippen LogP contribution is -2.08. The number of phenolic OH excluding ortho intramolecular Hbond substituents is 1. The quantitative estimate of drug-likeness (QED) is 0.194. The van der Waals surface area contributed by atoms with E-state index in [0.717, 1.165) is 16.7 Å². The zero-order valence-corrected chi connectivity index (χ0v) is 17.2. The Bertz CT molecular complexity index is 1350. The second kappa shape index (κ2) is 8.35. The van der Waals surface area contributed by atoms with Crippen molar-refractivity contribution in [1.82, 2.24) is 4.98 Å². The second-order valence-corrected chi connectivity index (χ2v) is 7.21. The van der Waals surface area contributed by atoms with Crippen LogP contribution in [0.25, 0.3) is 23.3 Å². The molecular formula is C24H18N2O6. The van der Waals surface area contributed by atoms with Crippen molar-refractivity contribution in [3.8, 4) is 11.5 Å². The number of hydrogen-bond acceptors (Lipinski definition) is 7. The minimum absolute atomic E-state index is 0.0916. The average Bonchev–Trinajstić information content (AvgIpc) is 3.18. The van der Waals surface area contributed by atoms with Gasteiger partial charge in [0.15, 0.2) is 5.58 Å². The first-order valence-electron chi connectivity index (χ1n) is 9.65. The van der Waals surface area contributed by atoms with Crippen LogP contribution < -0.4 is 4.74 Å². The average molecular weight is 430 g/mol. The lowest BCUT2D eigenvalue weighted by Gasteiger charge is -2.04. The third kappa shape index (κ3) is 4.34. The molecule has 0 aliphatic rings. The van der Waals surface area contributed by atoms with Gasteiger partial charge in [0.25, 0.3) is 5.69 Å². The highest BCUT2D eigenvalue weighted by molar-refractivity contribution is 5.94. The second-order valence-electron chi connectivity index (χ2n) is 7.21. The number of aromatic hydroxyl groups is 1. The topological polar surface area (TPSA) is 116 Å². The molecule has 8 heteroatoms. The number of aromatic nitrogens is 1. The molecule has 0 amide bonds. The van der Waals surface area contributed by atoms with Crippen LogP contribution in [-0.2, 0) is 0 Å². The molecule has 0 fully saturated rings. The van der Waals surface area contributed by atoms with E-state index in [9.17, 15) is 20.0 Å². The van der Waals surface area contributed by atoms with Crippen molar-refractivity contribution >= 4 is 34.9 Å². The molecule has 0 unspecified atom stereocenters. The third-order valence-corrected chi connectivity index (χ3v) is 4.83. The van der Waals surface area contributed by atoms with Crippen LogP contribution in [-0.4, -0.2) is 21.0 Å². The van der Waals surface area contributed by atoms with Gasteiger partial charge in [0.1, 0.15) is 17.0 Å². The fraction of sp³-hybridized carbons (Fsp3) is 0.0833. The van der Waals surface area contributed by atoms with Crippen molar-refractivity contribution in [2.45, 2.75) is 13.8 Å². The van der Waals surface area contributed by atoms with Crippen molar-refractivity contribution in [3.63, 3.8) is 0 Å². The van der Waals surface area contributed by atoms with Gasteiger partial charge in [0.2, 0.25) is 5.89 Å². The molecule has 0 saturated heterocycles. The molecule has 8 nitrogen and oxygen atoms in total. The van der Waals surface area contributed by atoms with Gasteiger partial charge in [-0.25, -0.2) is 9.78 Å². The summed E-state index contributed by atoms with van der Waals surface area (Å²) >= 11 is 0.